The first-order valence-corrected chi connectivity index (χ1v) is 13.1. The van der Waals surface area contributed by atoms with Crippen LogP contribution >= 0.6 is 0 Å². The van der Waals surface area contributed by atoms with Gasteiger partial charge in [-0.3, -0.25) is 9.10 Å². The molecule has 1 N–H and O–H groups in total. The van der Waals surface area contributed by atoms with Crippen molar-refractivity contribution in [1.82, 2.24) is 5.32 Å². The highest BCUT2D eigenvalue weighted by Crippen LogP contribution is 2.30. The lowest BCUT2D eigenvalue weighted by Gasteiger charge is -2.27. The fourth-order valence-corrected chi connectivity index (χ4v) is 5.40. The van der Waals surface area contributed by atoms with Gasteiger partial charge in [-0.2, -0.15) is 0 Å². The van der Waals surface area contributed by atoms with Gasteiger partial charge in [-0.25, -0.2) is 8.42 Å². The van der Waals surface area contributed by atoms with Crippen molar-refractivity contribution < 1.29 is 22.7 Å². The summed E-state index contributed by atoms with van der Waals surface area (Å²) in [5.74, 6) is 0.804. The molecule has 0 spiro atoms. The van der Waals surface area contributed by atoms with Gasteiger partial charge in [0.15, 0.2) is 0 Å². The van der Waals surface area contributed by atoms with Crippen LogP contribution in [0.5, 0.6) is 11.5 Å². The molecule has 37 heavy (non-hydrogen) atoms. The van der Waals surface area contributed by atoms with Crippen LogP contribution in [-0.4, -0.2) is 28.5 Å². The fraction of sp³-hybridized carbons (Fsp3) is 0.138. The second kappa shape index (κ2) is 11.6. The number of hydrogen-bond donors (Lipinski definition) is 1. The Kier molecular flexibility index (Phi) is 8.10. The van der Waals surface area contributed by atoms with E-state index in [1.54, 1.807) is 43.5 Å². The lowest BCUT2D eigenvalue weighted by Crippen LogP contribution is -2.33. The topological polar surface area (TPSA) is 84.9 Å². The Morgan fingerprint density at radius 1 is 0.784 bits per heavy atom. The van der Waals surface area contributed by atoms with Crippen LogP contribution in [0.25, 0.3) is 0 Å². The highest BCUT2D eigenvalue weighted by Gasteiger charge is 2.28. The molecule has 0 atom stereocenters. The second-order valence-electron chi connectivity index (χ2n) is 8.18. The molecule has 0 aromatic heterocycles. The normalized spacial score (nSPS) is 11.0. The summed E-state index contributed by atoms with van der Waals surface area (Å²) in [7, 11) is -0.943. The SMILES string of the molecule is COc1ccc(S(=O)(=O)N(Cc2ccccc2)c2ccccc2C(=O)NCc2ccccc2OC)cc1. The fourth-order valence-electron chi connectivity index (χ4n) is 3.93. The van der Waals surface area contributed by atoms with E-state index in [9.17, 15) is 13.2 Å². The van der Waals surface area contributed by atoms with Crippen molar-refractivity contribution in [2.24, 2.45) is 0 Å². The van der Waals surface area contributed by atoms with Gasteiger partial charge in [0, 0.05) is 12.1 Å². The van der Waals surface area contributed by atoms with Gasteiger partial charge in [0.2, 0.25) is 0 Å². The van der Waals surface area contributed by atoms with Gasteiger partial charge < -0.3 is 14.8 Å². The lowest BCUT2D eigenvalue weighted by atomic mass is 10.1. The molecule has 8 heteroatoms. The molecule has 190 valence electrons. The predicted molar refractivity (Wildman–Crippen MR) is 143 cm³/mol. The molecule has 4 aromatic rings. The molecule has 4 rings (SSSR count). The minimum absolute atomic E-state index is 0.0476. The molecule has 1 amide bonds. The van der Waals surface area contributed by atoms with E-state index in [2.05, 4.69) is 5.32 Å². The molecule has 7 nitrogen and oxygen atoms in total. The number of nitrogens with zero attached hydrogens (tertiary/aromatic N) is 1. The van der Waals surface area contributed by atoms with E-state index in [1.165, 1.54) is 23.5 Å². The Bertz CT molecular complexity index is 1460. The number of methoxy groups -OCH3 is 2. The van der Waals surface area contributed by atoms with E-state index < -0.39 is 15.9 Å². The Morgan fingerprint density at radius 3 is 2.14 bits per heavy atom. The molecule has 4 aromatic carbocycles. The summed E-state index contributed by atoms with van der Waals surface area (Å²) in [4.78, 5) is 13.4. The Balaban J connectivity index is 1.72. The van der Waals surface area contributed by atoms with Crippen LogP contribution in [-0.2, 0) is 23.1 Å². The smallest absolute Gasteiger partial charge is 0.264 e. The number of benzene rings is 4. The van der Waals surface area contributed by atoms with Gasteiger partial charge in [-0.05, 0) is 48.0 Å². The third-order valence-corrected chi connectivity index (χ3v) is 7.64. The van der Waals surface area contributed by atoms with Crippen molar-refractivity contribution in [3.8, 4) is 11.5 Å². The minimum Gasteiger partial charge on any atom is -0.497 e. The van der Waals surface area contributed by atoms with E-state index >= 15 is 0 Å². The van der Waals surface area contributed by atoms with Crippen LogP contribution in [0.4, 0.5) is 5.69 Å². The quantitative estimate of drug-likeness (QED) is 0.320. The highest BCUT2D eigenvalue weighted by molar-refractivity contribution is 7.92. The summed E-state index contributed by atoms with van der Waals surface area (Å²) in [5.41, 5.74) is 2.11. The van der Waals surface area contributed by atoms with E-state index in [0.29, 0.717) is 11.5 Å². The van der Waals surface area contributed by atoms with E-state index in [-0.39, 0.29) is 29.2 Å². The first-order valence-electron chi connectivity index (χ1n) is 11.6. The molecule has 0 radical (unpaired) electrons. The van der Waals surface area contributed by atoms with Crippen LogP contribution in [0.1, 0.15) is 21.5 Å². The standard InChI is InChI=1S/C29H28N2O5S/c1-35-24-16-18-25(19-17-24)37(33,34)31(21-22-10-4-3-5-11-22)27-14-8-7-13-26(27)29(32)30-20-23-12-6-9-15-28(23)36-2/h3-19H,20-21H2,1-2H3,(H,30,32). The number of sulfonamides is 1. The van der Waals surface area contributed by atoms with Crippen molar-refractivity contribution >= 4 is 21.6 Å². The summed E-state index contributed by atoms with van der Waals surface area (Å²) in [5, 5.41) is 2.90. The molecular formula is C29H28N2O5S. The third-order valence-electron chi connectivity index (χ3n) is 5.87. The molecule has 0 aliphatic rings. The summed E-state index contributed by atoms with van der Waals surface area (Å²) in [6, 6.07) is 29.5. The van der Waals surface area contributed by atoms with Crippen LogP contribution in [0, 0.1) is 0 Å². The monoisotopic (exact) mass is 516 g/mol. The van der Waals surface area contributed by atoms with Gasteiger partial charge in [0.1, 0.15) is 11.5 Å². The molecule has 0 aliphatic carbocycles. The zero-order chi connectivity index (χ0) is 26.3. The van der Waals surface area contributed by atoms with Crippen LogP contribution in [0.15, 0.2) is 108 Å². The van der Waals surface area contributed by atoms with Crippen molar-refractivity contribution in [2.75, 3.05) is 18.5 Å². The zero-order valence-corrected chi connectivity index (χ0v) is 21.4. The van der Waals surface area contributed by atoms with Crippen molar-refractivity contribution in [1.29, 1.82) is 0 Å². The number of hydrogen-bond acceptors (Lipinski definition) is 5. The maximum Gasteiger partial charge on any atom is 0.264 e. The van der Waals surface area contributed by atoms with Gasteiger partial charge in [0.05, 0.1) is 36.9 Å². The maximum absolute atomic E-state index is 13.9. The molecule has 0 heterocycles. The van der Waals surface area contributed by atoms with Crippen LogP contribution in [0.3, 0.4) is 0 Å². The van der Waals surface area contributed by atoms with Crippen molar-refractivity contribution in [3.63, 3.8) is 0 Å². The average Bonchev–Trinajstić information content (AvgIpc) is 2.95. The number of anilines is 1. The third kappa shape index (κ3) is 5.92. The molecule has 0 bridgehead atoms. The predicted octanol–water partition coefficient (Wildman–Crippen LogP) is 5.03. The summed E-state index contributed by atoms with van der Waals surface area (Å²) < 4.78 is 39.6. The van der Waals surface area contributed by atoms with Crippen molar-refractivity contribution in [3.05, 3.63) is 120 Å². The Labute approximate surface area is 217 Å². The summed E-state index contributed by atoms with van der Waals surface area (Å²) in [6.07, 6.45) is 0. The Morgan fingerprint density at radius 2 is 1.43 bits per heavy atom. The Hall–Kier alpha value is -4.30. The van der Waals surface area contributed by atoms with Crippen LogP contribution < -0.4 is 19.1 Å². The van der Waals surface area contributed by atoms with Crippen LogP contribution in [0.2, 0.25) is 0 Å². The number of carbonyl (C=O) groups excluding carboxylic acids is 1. The second-order valence-corrected chi connectivity index (χ2v) is 10.0. The number of rotatable bonds is 10. The van der Waals surface area contributed by atoms with Gasteiger partial charge in [-0.1, -0.05) is 60.7 Å². The molecule has 0 saturated carbocycles. The van der Waals surface area contributed by atoms with E-state index in [1.807, 2.05) is 54.6 Å². The lowest BCUT2D eigenvalue weighted by molar-refractivity contribution is 0.0951. The highest BCUT2D eigenvalue weighted by atomic mass is 32.2. The average molecular weight is 517 g/mol. The van der Waals surface area contributed by atoms with Gasteiger partial charge in [0.25, 0.3) is 15.9 Å². The number of para-hydroxylation sites is 2. The summed E-state index contributed by atoms with van der Waals surface area (Å²) in [6.45, 7) is 0.271. The van der Waals surface area contributed by atoms with E-state index in [4.69, 9.17) is 9.47 Å². The van der Waals surface area contributed by atoms with Gasteiger partial charge >= 0.3 is 0 Å². The number of amides is 1. The number of ether oxygens (including phenoxy) is 2. The molecule has 0 saturated heterocycles. The van der Waals surface area contributed by atoms with Crippen molar-refractivity contribution in [2.45, 2.75) is 18.0 Å². The molecular weight excluding hydrogens is 488 g/mol. The summed E-state index contributed by atoms with van der Waals surface area (Å²) >= 11 is 0. The van der Waals surface area contributed by atoms with E-state index in [0.717, 1.165) is 11.1 Å². The first kappa shape index (κ1) is 25.8. The number of carbonyl (C=O) groups is 1. The number of nitrogens with one attached hydrogen (secondary N) is 1. The van der Waals surface area contributed by atoms with Gasteiger partial charge in [-0.15, -0.1) is 0 Å². The zero-order valence-electron chi connectivity index (χ0n) is 20.6. The molecule has 0 aliphatic heterocycles. The molecule has 0 fully saturated rings. The molecule has 0 unspecified atom stereocenters. The minimum atomic E-state index is -4.03. The first-order chi connectivity index (χ1) is 17.9. The largest absolute Gasteiger partial charge is 0.497 e. The maximum atomic E-state index is 13.9.